The van der Waals surface area contributed by atoms with Gasteiger partial charge in [-0.15, -0.1) is 0 Å². The highest BCUT2D eigenvalue weighted by atomic mass is 14.1. The van der Waals surface area contributed by atoms with Crippen LogP contribution in [-0.4, -0.2) is 0 Å². The SMILES string of the molecule is C=Cc1ccc(C(C)C)cc1/C=C\C.CC. The van der Waals surface area contributed by atoms with Gasteiger partial charge in [0, 0.05) is 0 Å². The van der Waals surface area contributed by atoms with E-state index in [9.17, 15) is 0 Å². The Hall–Kier alpha value is -1.30. The normalized spacial score (nSPS) is 10.1. The molecule has 0 radical (unpaired) electrons. The Kier molecular flexibility index (Phi) is 7.28. The van der Waals surface area contributed by atoms with E-state index < -0.39 is 0 Å². The Morgan fingerprint density at radius 1 is 1.12 bits per heavy atom. The second-order valence-electron chi connectivity index (χ2n) is 3.75. The Morgan fingerprint density at radius 2 is 1.75 bits per heavy atom. The fourth-order valence-electron chi connectivity index (χ4n) is 1.46. The Morgan fingerprint density at radius 3 is 2.19 bits per heavy atom. The molecule has 0 aliphatic rings. The van der Waals surface area contributed by atoms with Crippen molar-refractivity contribution >= 4 is 12.2 Å². The highest BCUT2D eigenvalue weighted by Crippen LogP contribution is 2.20. The van der Waals surface area contributed by atoms with Crippen LogP contribution in [0.15, 0.2) is 30.9 Å². The molecule has 1 aromatic rings. The lowest BCUT2D eigenvalue weighted by molar-refractivity contribution is 0.866. The Balaban J connectivity index is 0.00000106. The summed E-state index contributed by atoms with van der Waals surface area (Å²) < 4.78 is 0. The van der Waals surface area contributed by atoms with Crippen molar-refractivity contribution in [2.24, 2.45) is 0 Å². The smallest absolute Gasteiger partial charge is 0.0185 e. The minimum Gasteiger partial charge on any atom is -0.0984 e. The maximum atomic E-state index is 3.81. The van der Waals surface area contributed by atoms with Crippen molar-refractivity contribution in [1.29, 1.82) is 0 Å². The lowest BCUT2D eigenvalue weighted by atomic mass is 9.97. The van der Waals surface area contributed by atoms with E-state index in [0.717, 1.165) is 0 Å². The zero-order valence-electron chi connectivity index (χ0n) is 11.2. The van der Waals surface area contributed by atoms with Gasteiger partial charge < -0.3 is 0 Å². The fraction of sp³-hybridized carbons (Fsp3) is 0.375. The predicted octanol–water partition coefficient (Wildman–Crippen LogP) is 5.51. The number of benzene rings is 1. The summed E-state index contributed by atoms with van der Waals surface area (Å²) in [6, 6.07) is 6.55. The third kappa shape index (κ3) is 4.06. The van der Waals surface area contributed by atoms with Gasteiger partial charge in [0.05, 0.1) is 0 Å². The second kappa shape index (κ2) is 7.92. The van der Waals surface area contributed by atoms with Gasteiger partial charge in [-0.3, -0.25) is 0 Å². The molecule has 0 heterocycles. The Labute approximate surface area is 101 Å². The summed E-state index contributed by atoms with van der Waals surface area (Å²) in [6.45, 7) is 14.3. The second-order valence-corrected chi connectivity index (χ2v) is 3.75. The van der Waals surface area contributed by atoms with Crippen molar-refractivity contribution < 1.29 is 0 Å². The van der Waals surface area contributed by atoms with E-state index in [2.05, 4.69) is 50.8 Å². The summed E-state index contributed by atoms with van der Waals surface area (Å²) in [7, 11) is 0. The summed E-state index contributed by atoms with van der Waals surface area (Å²) >= 11 is 0. The fourth-order valence-corrected chi connectivity index (χ4v) is 1.46. The predicted molar refractivity (Wildman–Crippen MR) is 76.7 cm³/mol. The van der Waals surface area contributed by atoms with Crippen molar-refractivity contribution in [2.45, 2.75) is 40.5 Å². The van der Waals surface area contributed by atoms with Gasteiger partial charge in [0.25, 0.3) is 0 Å². The van der Waals surface area contributed by atoms with Crippen LogP contribution in [0.5, 0.6) is 0 Å². The van der Waals surface area contributed by atoms with Crippen molar-refractivity contribution in [1.82, 2.24) is 0 Å². The zero-order chi connectivity index (χ0) is 12.6. The summed E-state index contributed by atoms with van der Waals surface area (Å²) in [5, 5.41) is 0. The van der Waals surface area contributed by atoms with Crippen LogP contribution in [0.25, 0.3) is 12.2 Å². The molecule has 0 amide bonds. The van der Waals surface area contributed by atoms with Crippen molar-refractivity contribution in [3.63, 3.8) is 0 Å². The molecular formula is C16H24. The molecule has 1 aromatic carbocycles. The molecule has 0 fully saturated rings. The third-order valence-electron chi connectivity index (χ3n) is 2.34. The number of hydrogen-bond acceptors (Lipinski definition) is 0. The monoisotopic (exact) mass is 216 g/mol. The Bertz CT molecular complexity index is 343. The zero-order valence-corrected chi connectivity index (χ0v) is 11.2. The molecule has 0 saturated carbocycles. The molecule has 88 valence electrons. The standard InChI is InChI=1S/C14H18.C2H6/c1-5-7-14-10-13(11(3)4)9-8-12(14)6-2;1-2/h5-11H,2H2,1,3-4H3;1-2H3/b7-5-;. The molecule has 0 aliphatic carbocycles. The number of rotatable bonds is 3. The van der Waals surface area contributed by atoms with Crippen LogP contribution < -0.4 is 0 Å². The van der Waals surface area contributed by atoms with Crippen LogP contribution in [0.3, 0.4) is 0 Å². The largest absolute Gasteiger partial charge is 0.0984 e. The van der Waals surface area contributed by atoms with Gasteiger partial charge in [0.15, 0.2) is 0 Å². The molecule has 0 bridgehead atoms. The van der Waals surface area contributed by atoms with Gasteiger partial charge >= 0.3 is 0 Å². The average Bonchev–Trinajstić information content (AvgIpc) is 2.32. The molecule has 0 saturated heterocycles. The van der Waals surface area contributed by atoms with Crippen LogP contribution in [0.4, 0.5) is 0 Å². The molecule has 0 nitrogen and oxygen atoms in total. The van der Waals surface area contributed by atoms with Crippen LogP contribution >= 0.6 is 0 Å². The van der Waals surface area contributed by atoms with E-state index in [1.807, 2.05) is 26.8 Å². The van der Waals surface area contributed by atoms with Gasteiger partial charge in [-0.05, 0) is 29.5 Å². The summed E-state index contributed by atoms with van der Waals surface area (Å²) in [5.74, 6) is 0.581. The third-order valence-corrected chi connectivity index (χ3v) is 2.34. The maximum absolute atomic E-state index is 3.81. The number of hydrogen-bond donors (Lipinski definition) is 0. The van der Waals surface area contributed by atoms with Crippen LogP contribution in [0.2, 0.25) is 0 Å². The first-order valence-corrected chi connectivity index (χ1v) is 6.08. The molecule has 0 N–H and O–H groups in total. The highest BCUT2D eigenvalue weighted by Gasteiger charge is 2.01. The minimum absolute atomic E-state index is 0.581. The molecule has 0 spiro atoms. The lowest BCUT2D eigenvalue weighted by Crippen LogP contribution is -1.89. The summed E-state index contributed by atoms with van der Waals surface area (Å²) in [6.07, 6.45) is 6.09. The molecule has 16 heavy (non-hydrogen) atoms. The van der Waals surface area contributed by atoms with Crippen LogP contribution in [0, 0.1) is 0 Å². The van der Waals surface area contributed by atoms with E-state index in [4.69, 9.17) is 0 Å². The molecule has 0 aliphatic heterocycles. The summed E-state index contributed by atoms with van der Waals surface area (Å²) in [4.78, 5) is 0. The van der Waals surface area contributed by atoms with Gasteiger partial charge in [0.2, 0.25) is 0 Å². The first kappa shape index (κ1) is 14.7. The van der Waals surface area contributed by atoms with Crippen molar-refractivity contribution in [2.75, 3.05) is 0 Å². The molecule has 1 rings (SSSR count). The lowest BCUT2D eigenvalue weighted by Gasteiger charge is -2.08. The van der Waals surface area contributed by atoms with E-state index in [1.165, 1.54) is 16.7 Å². The first-order chi connectivity index (χ1) is 7.69. The van der Waals surface area contributed by atoms with Gasteiger partial charge in [-0.1, -0.05) is 70.7 Å². The average molecular weight is 216 g/mol. The minimum atomic E-state index is 0.581. The van der Waals surface area contributed by atoms with E-state index in [0.29, 0.717) is 5.92 Å². The molecule has 0 atom stereocenters. The van der Waals surface area contributed by atoms with Gasteiger partial charge in [-0.25, -0.2) is 0 Å². The highest BCUT2D eigenvalue weighted by molar-refractivity contribution is 5.65. The summed E-state index contributed by atoms with van der Waals surface area (Å²) in [5.41, 5.74) is 3.84. The molecule has 0 aromatic heterocycles. The molecule has 0 heteroatoms. The quantitative estimate of drug-likeness (QED) is 0.624. The first-order valence-electron chi connectivity index (χ1n) is 6.08. The van der Waals surface area contributed by atoms with Gasteiger partial charge in [0.1, 0.15) is 0 Å². The topological polar surface area (TPSA) is 0 Å². The molecular weight excluding hydrogens is 192 g/mol. The van der Waals surface area contributed by atoms with E-state index in [1.54, 1.807) is 0 Å². The van der Waals surface area contributed by atoms with Gasteiger partial charge in [-0.2, -0.15) is 0 Å². The van der Waals surface area contributed by atoms with E-state index in [-0.39, 0.29) is 0 Å². The van der Waals surface area contributed by atoms with Crippen molar-refractivity contribution in [3.8, 4) is 0 Å². The van der Waals surface area contributed by atoms with E-state index >= 15 is 0 Å². The van der Waals surface area contributed by atoms with Crippen LogP contribution in [0.1, 0.15) is 57.2 Å². The maximum Gasteiger partial charge on any atom is -0.0185 e. The molecule has 0 unspecified atom stereocenters. The van der Waals surface area contributed by atoms with Crippen LogP contribution in [-0.2, 0) is 0 Å². The number of allylic oxidation sites excluding steroid dienone is 1. The van der Waals surface area contributed by atoms with Crippen molar-refractivity contribution in [3.05, 3.63) is 47.5 Å².